The molecule has 3 heteroatoms. The Morgan fingerprint density at radius 3 is 1.89 bits per heavy atom. The number of carbonyl (C=O) groups is 1. The molecule has 0 amide bonds. The van der Waals surface area contributed by atoms with E-state index in [9.17, 15) is 4.79 Å². The molecule has 0 aliphatic rings. The number of esters is 1. The maximum Gasteiger partial charge on any atom is 0.310 e. The summed E-state index contributed by atoms with van der Waals surface area (Å²) in [6.07, 6.45) is 11.9. The van der Waals surface area contributed by atoms with E-state index < -0.39 is 8.07 Å². The molecule has 0 bridgehead atoms. The van der Waals surface area contributed by atoms with Gasteiger partial charge in [-0.15, -0.1) is 0 Å². The minimum atomic E-state index is -0.812. The molecule has 0 aliphatic carbocycles. The van der Waals surface area contributed by atoms with Crippen molar-refractivity contribution in [1.82, 2.24) is 0 Å². The quantitative estimate of drug-likeness (QED) is 0.204. The van der Waals surface area contributed by atoms with Crippen molar-refractivity contribution in [3.05, 3.63) is 12.8 Å². The van der Waals surface area contributed by atoms with Crippen LogP contribution in [0.25, 0.3) is 0 Å². The Kier molecular flexibility index (Phi) is 10.9. The van der Waals surface area contributed by atoms with Crippen molar-refractivity contribution in [2.75, 3.05) is 0 Å². The van der Waals surface area contributed by atoms with Gasteiger partial charge in [-0.3, -0.25) is 4.79 Å². The maximum atomic E-state index is 11.0. The molecular weight excluding hydrogens is 252 g/mol. The number of ether oxygens (including phenoxy) is 1. The van der Waals surface area contributed by atoms with Crippen molar-refractivity contribution >= 4 is 14.0 Å². The number of carbonyl (C=O) groups excluding carboxylic acids is 1. The summed E-state index contributed by atoms with van der Waals surface area (Å²) in [6.45, 7) is 10.7. The molecule has 0 saturated heterocycles. The highest BCUT2D eigenvalue weighted by molar-refractivity contribution is 6.76. The fourth-order valence-corrected chi connectivity index (χ4v) is 3.45. The van der Waals surface area contributed by atoms with E-state index in [1.165, 1.54) is 50.8 Å². The average Bonchev–Trinajstić information content (AvgIpc) is 2.30. The van der Waals surface area contributed by atoms with Crippen LogP contribution in [0.2, 0.25) is 25.7 Å². The molecule has 0 N–H and O–H groups in total. The molecule has 0 aromatic carbocycles. The number of hydrogen-bond acceptors (Lipinski definition) is 2. The van der Waals surface area contributed by atoms with E-state index in [2.05, 4.69) is 31.0 Å². The van der Waals surface area contributed by atoms with Gasteiger partial charge in [0.1, 0.15) is 0 Å². The second kappa shape index (κ2) is 11.3. The van der Waals surface area contributed by atoms with Crippen molar-refractivity contribution in [1.29, 1.82) is 0 Å². The van der Waals surface area contributed by atoms with E-state index in [0.29, 0.717) is 6.42 Å². The smallest absolute Gasteiger partial charge is 0.310 e. The van der Waals surface area contributed by atoms with Crippen LogP contribution >= 0.6 is 0 Å². The lowest BCUT2D eigenvalue weighted by atomic mass is 10.1. The van der Waals surface area contributed by atoms with Crippen LogP contribution in [0.3, 0.4) is 0 Å². The number of hydrogen-bond donors (Lipinski definition) is 0. The summed E-state index contributed by atoms with van der Waals surface area (Å²) in [5.41, 5.74) is 0. The lowest BCUT2D eigenvalue weighted by molar-refractivity contribution is -0.138. The van der Waals surface area contributed by atoms with Gasteiger partial charge >= 0.3 is 5.97 Å². The Morgan fingerprint density at radius 2 is 1.42 bits per heavy atom. The molecule has 0 heterocycles. The van der Waals surface area contributed by atoms with Gasteiger partial charge in [-0.05, 0) is 6.42 Å². The summed E-state index contributed by atoms with van der Waals surface area (Å²) in [5.74, 6) is -0.152. The topological polar surface area (TPSA) is 26.3 Å². The van der Waals surface area contributed by atoms with Crippen molar-refractivity contribution in [2.45, 2.75) is 83.5 Å². The third-order valence-corrected chi connectivity index (χ3v) is 5.13. The maximum absolute atomic E-state index is 11.0. The molecule has 0 rings (SSSR count). The molecule has 0 unspecified atom stereocenters. The third-order valence-electron chi connectivity index (χ3n) is 3.27. The van der Waals surface area contributed by atoms with Crippen molar-refractivity contribution < 1.29 is 9.53 Å². The molecule has 2 nitrogen and oxygen atoms in total. The first-order chi connectivity index (χ1) is 8.95. The summed E-state index contributed by atoms with van der Waals surface area (Å²) >= 11 is 0. The van der Waals surface area contributed by atoms with Gasteiger partial charge in [0.25, 0.3) is 0 Å². The first-order valence-electron chi connectivity index (χ1n) is 7.76. The summed E-state index contributed by atoms with van der Waals surface area (Å²) in [7, 11) is -0.812. The normalized spacial score (nSPS) is 11.3. The van der Waals surface area contributed by atoms with Gasteiger partial charge in [-0.25, -0.2) is 0 Å². The first-order valence-corrected chi connectivity index (χ1v) is 11.5. The summed E-state index contributed by atoms with van der Waals surface area (Å²) < 4.78 is 4.67. The highest BCUT2D eigenvalue weighted by atomic mass is 28.3. The van der Waals surface area contributed by atoms with E-state index >= 15 is 0 Å². The molecule has 0 aromatic rings. The predicted octanol–water partition coefficient (Wildman–Crippen LogP) is 5.52. The zero-order chi connectivity index (χ0) is 14.6. The van der Waals surface area contributed by atoms with Crippen LogP contribution in [0.4, 0.5) is 0 Å². The summed E-state index contributed by atoms with van der Waals surface area (Å²) in [4.78, 5) is 11.0. The Bertz CT molecular complexity index is 244. The predicted molar refractivity (Wildman–Crippen MR) is 86.0 cm³/mol. The summed E-state index contributed by atoms with van der Waals surface area (Å²) in [5, 5.41) is 0. The zero-order valence-corrected chi connectivity index (χ0v) is 14.2. The Hall–Kier alpha value is -0.573. The largest absolute Gasteiger partial charge is 0.435 e. The van der Waals surface area contributed by atoms with Crippen LogP contribution in [0.15, 0.2) is 12.8 Å². The fourth-order valence-electron chi connectivity index (χ4n) is 2.14. The molecule has 0 aliphatic heterocycles. The van der Waals surface area contributed by atoms with Gasteiger partial charge < -0.3 is 4.74 Å². The molecule has 0 spiro atoms. The van der Waals surface area contributed by atoms with Crippen LogP contribution in [0.1, 0.15) is 57.8 Å². The highest BCUT2D eigenvalue weighted by Gasteiger charge is 2.11. The monoisotopic (exact) mass is 284 g/mol. The molecule has 0 aromatic heterocycles. The molecule has 0 saturated carbocycles. The van der Waals surface area contributed by atoms with Crippen LogP contribution in [0.5, 0.6) is 0 Å². The van der Waals surface area contributed by atoms with Crippen LogP contribution in [0, 0.1) is 0 Å². The standard InChI is InChI=1S/C16H32O2Si/c1-5-18-16(17)14-12-10-8-6-7-9-11-13-15-19(2,3)4/h5H,1,6-15H2,2-4H3. The second-order valence-corrected chi connectivity index (χ2v) is 12.2. The van der Waals surface area contributed by atoms with Gasteiger partial charge in [-0.2, -0.15) is 0 Å². The fraction of sp³-hybridized carbons (Fsp3) is 0.812. The van der Waals surface area contributed by atoms with Crippen molar-refractivity contribution in [3.8, 4) is 0 Å². The van der Waals surface area contributed by atoms with Crippen molar-refractivity contribution in [2.24, 2.45) is 0 Å². The molecule has 19 heavy (non-hydrogen) atoms. The minimum Gasteiger partial charge on any atom is -0.435 e. The third kappa shape index (κ3) is 15.4. The molecule has 0 radical (unpaired) electrons. The zero-order valence-electron chi connectivity index (χ0n) is 13.2. The Balaban J connectivity index is 3.15. The SMILES string of the molecule is C=COC(=O)CCCCCCCCCC[Si](C)(C)C. The minimum absolute atomic E-state index is 0.152. The summed E-state index contributed by atoms with van der Waals surface area (Å²) in [6, 6.07) is 1.47. The number of unbranched alkanes of at least 4 members (excludes halogenated alkanes) is 7. The highest BCUT2D eigenvalue weighted by Crippen LogP contribution is 2.16. The van der Waals surface area contributed by atoms with Gasteiger partial charge in [-0.1, -0.05) is 77.2 Å². The molecule has 0 fully saturated rings. The Labute approximate surface area is 120 Å². The van der Waals surface area contributed by atoms with Gasteiger partial charge in [0.05, 0.1) is 6.26 Å². The lowest BCUT2D eigenvalue weighted by Crippen LogP contribution is -2.18. The van der Waals surface area contributed by atoms with E-state index in [4.69, 9.17) is 0 Å². The molecule has 0 atom stereocenters. The van der Waals surface area contributed by atoms with Crippen LogP contribution in [-0.4, -0.2) is 14.0 Å². The van der Waals surface area contributed by atoms with Gasteiger partial charge in [0, 0.05) is 14.5 Å². The van der Waals surface area contributed by atoms with Crippen LogP contribution < -0.4 is 0 Å². The van der Waals surface area contributed by atoms with E-state index in [1.807, 2.05) is 0 Å². The molecule has 112 valence electrons. The van der Waals surface area contributed by atoms with Crippen molar-refractivity contribution in [3.63, 3.8) is 0 Å². The van der Waals surface area contributed by atoms with Crippen LogP contribution in [-0.2, 0) is 9.53 Å². The number of rotatable bonds is 12. The Morgan fingerprint density at radius 1 is 0.947 bits per heavy atom. The van der Waals surface area contributed by atoms with Gasteiger partial charge in [0.2, 0.25) is 0 Å². The van der Waals surface area contributed by atoms with E-state index in [-0.39, 0.29) is 5.97 Å². The van der Waals surface area contributed by atoms with E-state index in [0.717, 1.165) is 12.8 Å². The lowest BCUT2D eigenvalue weighted by Gasteiger charge is -2.14. The average molecular weight is 285 g/mol. The van der Waals surface area contributed by atoms with Gasteiger partial charge in [0.15, 0.2) is 0 Å². The van der Waals surface area contributed by atoms with E-state index in [1.54, 1.807) is 0 Å². The first kappa shape index (κ1) is 18.4. The second-order valence-electron chi connectivity index (χ2n) is 6.55. The molecular formula is C16H32O2Si.